The van der Waals surface area contributed by atoms with Crippen LogP contribution in [0.25, 0.3) is 43.4 Å². The Hall–Kier alpha value is -9.87. The summed E-state index contributed by atoms with van der Waals surface area (Å²) in [6, 6.07) is 12.6. The molecule has 10 bridgehead atoms. The predicted molar refractivity (Wildman–Crippen MR) is 338 cm³/mol. The predicted octanol–water partition coefficient (Wildman–Crippen LogP) is 5.83. The number of amides is 7. The first kappa shape index (κ1) is 63.7. The number of carboxylic acid groups (broad SMARTS) is 1. The molecule has 0 radical (unpaired) electrons. The van der Waals surface area contributed by atoms with Crippen molar-refractivity contribution < 1.29 is 63.5 Å². The summed E-state index contributed by atoms with van der Waals surface area (Å²) in [5.74, 6) is -7.85. The van der Waals surface area contributed by atoms with E-state index in [0.717, 1.165) is 56.7 Å². The van der Waals surface area contributed by atoms with Crippen molar-refractivity contribution in [2.24, 2.45) is 11.7 Å². The number of aliphatic hydroxyl groups excluding tert-OH is 2. The summed E-state index contributed by atoms with van der Waals surface area (Å²) < 4.78 is 0.519. The molecule has 9 aromatic rings. The van der Waals surface area contributed by atoms with E-state index in [1.807, 2.05) is 12.2 Å². The van der Waals surface area contributed by atoms with Gasteiger partial charge in [0, 0.05) is 44.3 Å². The Labute approximate surface area is 544 Å². The van der Waals surface area contributed by atoms with Crippen molar-refractivity contribution in [3.05, 3.63) is 177 Å². The number of aliphatic hydroxyl groups is 2. The highest BCUT2D eigenvalue weighted by atomic mass is 32.1. The summed E-state index contributed by atoms with van der Waals surface area (Å²) >= 11 is 6.10. The fourth-order valence-corrected chi connectivity index (χ4v) is 15.4. The van der Waals surface area contributed by atoms with Crippen LogP contribution in [0.1, 0.15) is 117 Å². The molecule has 11 rings (SSSR count). The van der Waals surface area contributed by atoms with Crippen molar-refractivity contribution in [1.29, 1.82) is 0 Å². The number of aromatic nitrogens is 7. The van der Waals surface area contributed by atoms with E-state index in [1.165, 1.54) is 56.6 Å². The molecule has 2 aromatic carbocycles. The molecule has 0 spiro atoms. The fourth-order valence-electron chi connectivity index (χ4n) is 10.1. The van der Waals surface area contributed by atoms with E-state index >= 15 is 10.0 Å². The van der Waals surface area contributed by atoms with Gasteiger partial charge < -0.3 is 62.9 Å². The zero-order valence-corrected chi connectivity index (χ0v) is 52.8. The number of pyridine rings is 1. The van der Waals surface area contributed by atoms with Gasteiger partial charge in [0.05, 0.1) is 29.8 Å². The van der Waals surface area contributed by atoms with Crippen molar-refractivity contribution in [2.75, 3.05) is 0 Å². The molecule has 7 amide bonds. The van der Waals surface area contributed by atoms with Crippen LogP contribution in [0.5, 0.6) is 5.75 Å². The Morgan fingerprint density at radius 2 is 1.38 bits per heavy atom. The van der Waals surface area contributed by atoms with Crippen molar-refractivity contribution in [3.63, 3.8) is 0 Å². The van der Waals surface area contributed by atoms with Gasteiger partial charge in [-0.1, -0.05) is 62.5 Å². The molecule has 2 aliphatic rings. The molecule has 0 saturated carbocycles. The Balaban J connectivity index is 1.00. The Morgan fingerprint density at radius 1 is 0.739 bits per heavy atom. The van der Waals surface area contributed by atoms with E-state index in [4.69, 9.17) is 20.8 Å². The smallest absolute Gasteiger partial charge is 0.351 e. The van der Waals surface area contributed by atoms with E-state index in [2.05, 4.69) is 54.4 Å². The standard InChI is InChI=1S/C59H50N14O13S6/c1-24-16-41(76)72-44(24)57-69-38(23-91-57)53-65-34(19-88-53)45-31(14-15-39(73(45)86)55-67-35(21-89-55)48(79)61-25(2)47(78)62-26(3)59(84)85)52-66-36(20-87-52)49(80)63-32(18-40(60)75)54-71-42(27(4)92-54)51(82)70-43(46(77)29-8-6-5-7-9-29)56-68-37(22-90-56)50(81)64-33(58(72)83)17-28-10-12-30(74)13-11-28/h5-15,19-24,32-33,41,43-44,46,74,76-77H,2-3,16-18H2,1,4H3,(H2,60,75)(H,61,79)(H,62,78)(H,63,80)(H,64,81)(H,70,82)(H,84,85). The molecule has 27 nitrogen and oxygen atoms in total. The van der Waals surface area contributed by atoms with Crippen molar-refractivity contribution >= 4 is 115 Å². The summed E-state index contributed by atoms with van der Waals surface area (Å²) in [5, 5.41) is 79.3. The van der Waals surface area contributed by atoms with Gasteiger partial charge in [0.1, 0.15) is 95.1 Å². The van der Waals surface area contributed by atoms with Gasteiger partial charge in [0.2, 0.25) is 11.8 Å². The summed E-state index contributed by atoms with van der Waals surface area (Å²) in [4.78, 5) is 138. The lowest BCUT2D eigenvalue weighted by atomic mass is 10.0. The number of hydrogen-bond donors (Lipinski definition) is 10. The maximum absolute atomic E-state index is 15.2. The maximum atomic E-state index is 15.2. The van der Waals surface area contributed by atoms with Gasteiger partial charge >= 0.3 is 5.97 Å². The second-order valence-corrected chi connectivity index (χ2v) is 26.5. The number of nitrogens with two attached hydrogens (primary N) is 1. The third-order valence-electron chi connectivity index (χ3n) is 14.6. The number of primary amides is 1. The highest BCUT2D eigenvalue weighted by Crippen LogP contribution is 2.44. The molecule has 470 valence electrons. The Morgan fingerprint density at radius 3 is 2.11 bits per heavy atom. The number of aliphatic carboxylic acids is 1. The number of fused-ring (bicyclic) bond motifs is 16. The van der Waals surface area contributed by atoms with Crippen LogP contribution in [-0.4, -0.2) is 115 Å². The molecule has 7 unspecified atom stereocenters. The minimum absolute atomic E-state index is 0.0241. The summed E-state index contributed by atoms with van der Waals surface area (Å²) in [6.45, 7) is 10.1. The molecule has 1 fully saturated rings. The second-order valence-electron chi connectivity index (χ2n) is 20.9. The number of nitrogens with one attached hydrogen (secondary N) is 5. The molecule has 7 atom stereocenters. The van der Waals surface area contributed by atoms with Gasteiger partial charge in [-0.25, -0.2) is 34.7 Å². The van der Waals surface area contributed by atoms with E-state index < -0.39 is 102 Å². The van der Waals surface area contributed by atoms with Crippen LogP contribution in [-0.2, 0) is 25.6 Å². The molecule has 0 aliphatic carbocycles. The number of aryl methyl sites for hydroxylation is 1. The van der Waals surface area contributed by atoms with Crippen LogP contribution in [0.3, 0.4) is 0 Å². The minimum Gasteiger partial charge on any atom is -0.618 e. The number of phenols is 1. The molecule has 11 N–H and O–H groups in total. The number of carboxylic acids is 1. The Kier molecular flexibility index (Phi) is 18.4. The first-order chi connectivity index (χ1) is 44.0. The number of carbonyl (C=O) groups excluding carboxylic acids is 7. The number of phenolic OH excluding ortho intramolecular Hbond substituents is 1. The maximum Gasteiger partial charge on any atom is 0.351 e. The highest BCUT2D eigenvalue weighted by molar-refractivity contribution is 7.15. The lowest BCUT2D eigenvalue weighted by Gasteiger charge is -2.31. The summed E-state index contributed by atoms with van der Waals surface area (Å²) in [7, 11) is 0. The van der Waals surface area contributed by atoms with Crippen molar-refractivity contribution in [2.45, 2.75) is 69.6 Å². The van der Waals surface area contributed by atoms with E-state index in [0.29, 0.717) is 36.4 Å². The fraction of sp³-hybridized carbons (Fsp3) is 0.203. The lowest BCUT2D eigenvalue weighted by molar-refractivity contribution is -0.581. The van der Waals surface area contributed by atoms with Crippen LogP contribution in [0, 0.1) is 18.0 Å². The number of thiazole rings is 6. The second kappa shape index (κ2) is 26.5. The summed E-state index contributed by atoms with van der Waals surface area (Å²) in [5.41, 5.74) is 5.15. The molecule has 1 saturated heterocycles. The number of benzene rings is 2. The molecule has 9 heterocycles. The van der Waals surface area contributed by atoms with Gasteiger partial charge in [-0.2, -0.15) is 4.73 Å². The largest absolute Gasteiger partial charge is 0.618 e. The van der Waals surface area contributed by atoms with E-state index in [9.17, 15) is 48.9 Å². The number of nitrogens with zero attached hydrogens (tertiary/aromatic N) is 8. The zero-order chi connectivity index (χ0) is 65.4. The number of hydrogen-bond acceptors (Lipinski definition) is 24. The third kappa shape index (κ3) is 13.3. The van der Waals surface area contributed by atoms with Crippen LogP contribution in [0.2, 0.25) is 0 Å². The molecule has 92 heavy (non-hydrogen) atoms. The number of rotatable bonds is 12. The monoisotopic (exact) mass is 1350 g/mol. The lowest BCUT2D eigenvalue weighted by Crippen LogP contribution is -2.52. The van der Waals surface area contributed by atoms with Crippen molar-refractivity contribution in [3.8, 4) is 49.1 Å². The summed E-state index contributed by atoms with van der Waals surface area (Å²) in [6.07, 6.45) is -3.26. The highest BCUT2D eigenvalue weighted by Gasteiger charge is 2.46. The topological polar surface area (TPSA) is 411 Å². The van der Waals surface area contributed by atoms with Gasteiger partial charge in [0.25, 0.3) is 40.9 Å². The van der Waals surface area contributed by atoms with E-state index in [-0.39, 0.29) is 90.0 Å². The quantitative estimate of drug-likeness (QED) is 0.0390. The third-order valence-corrected chi connectivity index (χ3v) is 20.1. The van der Waals surface area contributed by atoms with Gasteiger partial charge in [-0.05, 0) is 48.6 Å². The molecular formula is C59H50N14O13S6. The first-order valence-electron chi connectivity index (χ1n) is 27.5. The average Bonchev–Trinajstić information content (AvgIpc) is 1.56. The van der Waals surface area contributed by atoms with E-state index in [1.54, 1.807) is 60.1 Å². The molecule has 2 aliphatic heterocycles. The van der Waals surface area contributed by atoms with Crippen LogP contribution < -0.4 is 37.0 Å². The molecular weight excluding hydrogens is 1310 g/mol. The van der Waals surface area contributed by atoms with Crippen LogP contribution >= 0.6 is 68.0 Å². The first-order valence-corrected chi connectivity index (χ1v) is 32.7. The van der Waals surface area contributed by atoms with Crippen LogP contribution in [0.15, 0.2) is 118 Å². The Bertz CT molecular complexity index is 4440. The van der Waals surface area contributed by atoms with Gasteiger partial charge in [-0.15, -0.1) is 68.0 Å². The number of carbonyl (C=O) groups is 8. The molecule has 7 aromatic heterocycles. The normalized spacial score (nSPS) is 18.8. The van der Waals surface area contributed by atoms with Gasteiger partial charge in [-0.3, -0.25) is 33.6 Å². The van der Waals surface area contributed by atoms with Crippen molar-refractivity contribution in [1.82, 2.24) is 61.4 Å². The zero-order valence-electron chi connectivity index (χ0n) is 47.9. The molecule has 33 heteroatoms. The van der Waals surface area contributed by atoms with Crippen LogP contribution in [0.4, 0.5) is 0 Å². The van der Waals surface area contributed by atoms with Gasteiger partial charge in [0.15, 0.2) is 5.01 Å². The SMILES string of the molecule is C=C(NC(=O)C(=C)NC(=O)c1csc(-c2ccc3c([n+]2[O-])-c2csc(n2)-c2csc(n2)C2C(C)CC(O)N2C(=O)C(Cc2ccc(O)cc2)NC(=O)c2csc(n2)C(C(O)c2ccccc2)NC(=O)c2nc(sc2C)C(CC(N)=O)NC(=O)c2csc-3n2)n1)C(=O)O. The number of aromatic hydroxyl groups is 1. The minimum atomic E-state index is -1.51. The average molecular weight is 1360 g/mol.